The van der Waals surface area contributed by atoms with Gasteiger partial charge >= 0.3 is 0 Å². The molecule has 0 saturated carbocycles. The summed E-state index contributed by atoms with van der Waals surface area (Å²) in [4.78, 5) is 8.64. The van der Waals surface area contributed by atoms with Crippen molar-refractivity contribution in [2.75, 3.05) is 5.32 Å². The summed E-state index contributed by atoms with van der Waals surface area (Å²) in [5.74, 6) is 0. The van der Waals surface area contributed by atoms with Gasteiger partial charge in [0, 0.05) is 10.9 Å². The monoisotopic (exact) mass is 315 g/mol. The third-order valence-electron chi connectivity index (χ3n) is 3.14. The van der Waals surface area contributed by atoms with Crippen LogP contribution >= 0.6 is 22.9 Å². The van der Waals surface area contributed by atoms with Gasteiger partial charge in [0.15, 0.2) is 5.13 Å². The second kappa shape index (κ2) is 6.24. The molecule has 0 atom stereocenters. The lowest BCUT2D eigenvalue weighted by Gasteiger charge is -2.01. The zero-order chi connectivity index (χ0) is 14.7. The number of halogens is 1. The van der Waals surface area contributed by atoms with Crippen LogP contribution in [-0.2, 0) is 6.42 Å². The topological polar surface area (TPSA) is 37.8 Å². The Bertz CT molecular complexity index is 720. The molecule has 1 aromatic carbocycles. The Morgan fingerprint density at radius 3 is 2.62 bits per heavy atom. The summed E-state index contributed by atoms with van der Waals surface area (Å²) >= 11 is 7.34. The fourth-order valence-corrected chi connectivity index (χ4v) is 2.80. The van der Waals surface area contributed by atoms with Crippen molar-refractivity contribution in [1.82, 2.24) is 9.97 Å². The molecular weight excluding hydrogens is 302 g/mol. The molecule has 0 radical (unpaired) electrons. The van der Waals surface area contributed by atoms with E-state index in [0.29, 0.717) is 5.15 Å². The molecule has 3 rings (SSSR count). The lowest BCUT2D eigenvalue weighted by Crippen LogP contribution is -1.90. The van der Waals surface area contributed by atoms with E-state index in [4.69, 9.17) is 11.6 Å². The van der Waals surface area contributed by atoms with Gasteiger partial charge in [0.05, 0.1) is 17.6 Å². The van der Waals surface area contributed by atoms with Crippen molar-refractivity contribution in [3.63, 3.8) is 0 Å². The number of thiazole rings is 1. The highest BCUT2D eigenvalue weighted by molar-refractivity contribution is 7.14. The van der Waals surface area contributed by atoms with Crippen LogP contribution in [0.15, 0.2) is 48.0 Å². The van der Waals surface area contributed by atoms with Crippen molar-refractivity contribution >= 4 is 33.8 Å². The van der Waals surface area contributed by atoms with Gasteiger partial charge in [-0.05, 0) is 24.1 Å². The molecule has 2 aromatic heterocycles. The summed E-state index contributed by atoms with van der Waals surface area (Å²) in [5, 5.41) is 6.60. The highest BCUT2D eigenvalue weighted by atomic mass is 35.5. The lowest BCUT2D eigenvalue weighted by molar-refractivity contribution is 1.14. The second-order valence-corrected chi connectivity index (χ2v) is 5.83. The molecule has 3 aromatic rings. The molecule has 3 nitrogen and oxygen atoms in total. The molecule has 0 aliphatic rings. The van der Waals surface area contributed by atoms with Gasteiger partial charge < -0.3 is 5.32 Å². The van der Waals surface area contributed by atoms with Crippen LogP contribution in [0.5, 0.6) is 0 Å². The van der Waals surface area contributed by atoms with Crippen LogP contribution in [0.2, 0.25) is 5.15 Å². The second-order valence-electron chi connectivity index (χ2n) is 4.58. The average molecular weight is 316 g/mol. The molecule has 0 amide bonds. The van der Waals surface area contributed by atoms with E-state index >= 15 is 0 Å². The van der Waals surface area contributed by atoms with Gasteiger partial charge in [-0.1, -0.05) is 42.8 Å². The largest absolute Gasteiger partial charge is 0.330 e. The maximum atomic E-state index is 5.77. The molecule has 2 heterocycles. The number of rotatable bonds is 4. The number of nitrogens with zero attached hydrogens (tertiary/aromatic N) is 2. The first kappa shape index (κ1) is 14.0. The fraction of sp³-hybridized carbons (Fsp3) is 0.125. The van der Waals surface area contributed by atoms with Crippen LogP contribution < -0.4 is 5.32 Å². The number of nitrogens with one attached hydrogen (secondary N) is 1. The standard InChI is InChI=1S/C16H14ClN3S/c1-2-11-3-5-12(6-4-11)14-10-21-16(20-14)19-13-7-8-15(17)18-9-13/h3-10H,2H2,1H3,(H,19,20). The van der Waals surface area contributed by atoms with E-state index in [1.165, 1.54) is 5.56 Å². The Labute approximate surface area is 132 Å². The summed E-state index contributed by atoms with van der Waals surface area (Å²) in [6.07, 6.45) is 2.74. The quantitative estimate of drug-likeness (QED) is 0.675. The highest BCUT2D eigenvalue weighted by Crippen LogP contribution is 2.27. The highest BCUT2D eigenvalue weighted by Gasteiger charge is 2.05. The number of anilines is 2. The van der Waals surface area contributed by atoms with E-state index in [0.717, 1.165) is 28.5 Å². The van der Waals surface area contributed by atoms with E-state index in [1.54, 1.807) is 23.6 Å². The van der Waals surface area contributed by atoms with Crippen molar-refractivity contribution in [2.45, 2.75) is 13.3 Å². The van der Waals surface area contributed by atoms with Crippen molar-refractivity contribution < 1.29 is 0 Å². The van der Waals surface area contributed by atoms with Crippen molar-refractivity contribution in [3.8, 4) is 11.3 Å². The van der Waals surface area contributed by atoms with Crippen molar-refractivity contribution in [2.24, 2.45) is 0 Å². The molecule has 0 saturated heterocycles. The van der Waals surface area contributed by atoms with E-state index in [-0.39, 0.29) is 0 Å². The number of hydrogen-bond donors (Lipinski definition) is 1. The molecule has 0 bridgehead atoms. The average Bonchev–Trinajstić information content (AvgIpc) is 2.98. The van der Waals surface area contributed by atoms with Crippen LogP contribution in [-0.4, -0.2) is 9.97 Å². The van der Waals surface area contributed by atoms with Gasteiger partial charge in [-0.3, -0.25) is 0 Å². The first-order valence-electron chi connectivity index (χ1n) is 6.68. The maximum absolute atomic E-state index is 5.77. The molecule has 0 aliphatic carbocycles. The molecule has 0 spiro atoms. The van der Waals surface area contributed by atoms with Crippen LogP contribution in [0.4, 0.5) is 10.8 Å². The van der Waals surface area contributed by atoms with Crippen LogP contribution in [0.3, 0.4) is 0 Å². The van der Waals surface area contributed by atoms with Crippen LogP contribution in [0.1, 0.15) is 12.5 Å². The predicted molar refractivity (Wildman–Crippen MR) is 89.5 cm³/mol. The zero-order valence-electron chi connectivity index (χ0n) is 11.5. The molecular formula is C16H14ClN3S. The van der Waals surface area contributed by atoms with Gasteiger partial charge in [0.2, 0.25) is 0 Å². The Morgan fingerprint density at radius 2 is 1.95 bits per heavy atom. The summed E-state index contributed by atoms with van der Waals surface area (Å²) in [6.45, 7) is 2.15. The van der Waals surface area contributed by atoms with E-state index < -0.39 is 0 Å². The number of hydrogen-bond acceptors (Lipinski definition) is 4. The normalized spacial score (nSPS) is 10.6. The van der Waals surface area contributed by atoms with Gasteiger partial charge in [0.1, 0.15) is 5.15 Å². The Hall–Kier alpha value is -1.91. The molecule has 5 heteroatoms. The minimum Gasteiger partial charge on any atom is -0.330 e. The van der Waals surface area contributed by atoms with Gasteiger partial charge in [0.25, 0.3) is 0 Å². The van der Waals surface area contributed by atoms with E-state index in [2.05, 4.69) is 46.5 Å². The molecule has 21 heavy (non-hydrogen) atoms. The van der Waals surface area contributed by atoms with E-state index in [9.17, 15) is 0 Å². The number of benzene rings is 1. The predicted octanol–water partition coefficient (Wildman–Crippen LogP) is 5.16. The fourth-order valence-electron chi connectivity index (χ4n) is 1.95. The minimum atomic E-state index is 0.483. The van der Waals surface area contributed by atoms with Gasteiger partial charge in [-0.25, -0.2) is 9.97 Å². The SMILES string of the molecule is CCc1ccc(-c2csc(Nc3ccc(Cl)nc3)n2)cc1. The first-order valence-corrected chi connectivity index (χ1v) is 7.94. The third kappa shape index (κ3) is 3.40. The smallest absolute Gasteiger partial charge is 0.187 e. The summed E-state index contributed by atoms with van der Waals surface area (Å²) in [7, 11) is 0. The molecule has 0 unspecified atom stereocenters. The molecule has 1 N–H and O–H groups in total. The van der Waals surface area contributed by atoms with Crippen LogP contribution in [0.25, 0.3) is 11.3 Å². The number of pyridine rings is 1. The first-order chi connectivity index (χ1) is 10.2. The van der Waals surface area contributed by atoms with E-state index in [1.807, 2.05) is 11.4 Å². The molecule has 0 fully saturated rings. The Balaban J connectivity index is 1.77. The Kier molecular flexibility index (Phi) is 4.18. The third-order valence-corrected chi connectivity index (χ3v) is 4.12. The summed E-state index contributed by atoms with van der Waals surface area (Å²) in [6, 6.07) is 12.1. The zero-order valence-corrected chi connectivity index (χ0v) is 13.1. The minimum absolute atomic E-state index is 0.483. The molecule has 0 aliphatic heterocycles. The summed E-state index contributed by atoms with van der Waals surface area (Å²) < 4.78 is 0. The lowest BCUT2D eigenvalue weighted by atomic mass is 10.1. The van der Waals surface area contributed by atoms with Crippen molar-refractivity contribution in [1.29, 1.82) is 0 Å². The van der Waals surface area contributed by atoms with Crippen molar-refractivity contribution in [3.05, 3.63) is 58.7 Å². The Morgan fingerprint density at radius 1 is 1.14 bits per heavy atom. The van der Waals surface area contributed by atoms with Crippen LogP contribution in [0, 0.1) is 0 Å². The maximum Gasteiger partial charge on any atom is 0.187 e. The van der Waals surface area contributed by atoms with Gasteiger partial charge in [-0.2, -0.15) is 0 Å². The number of aromatic nitrogens is 2. The van der Waals surface area contributed by atoms with Gasteiger partial charge in [-0.15, -0.1) is 11.3 Å². The molecule has 106 valence electrons. The summed E-state index contributed by atoms with van der Waals surface area (Å²) in [5.41, 5.74) is 4.32. The number of aryl methyl sites for hydroxylation is 1.